The Morgan fingerprint density at radius 2 is 2.11 bits per heavy atom. The maximum absolute atomic E-state index is 9.96. The molecule has 0 saturated heterocycles. The van der Waals surface area contributed by atoms with E-state index in [0.29, 0.717) is 19.0 Å². The quantitative estimate of drug-likeness (QED) is 0.816. The minimum absolute atomic E-state index is 0.0388. The molecule has 2 atom stereocenters. The Hall–Kier alpha value is -0.870. The van der Waals surface area contributed by atoms with Crippen LogP contribution in [0.2, 0.25) is 0 Å². The predicted molar refractivity (Wildman–Crippen MR) is 74.7 cm³/mol. The molecule has 104 valence electrons. The number of rotatable bonds is 6. The summed E-state index contributed by atoms with van der Waals surface area (Å²) in [6.45, 7) is 11.2. The van der Waals surface area contributed by atoms with Gasteiger partial charge in [0.25, 0.3) is 0 Å². The van der Waals surface area contributed by atoms with Crippen LogP contribution in [0.1, 0.15) is 52.8 Å². The first-order valence-corrected chi connectivity index (χ1v) is 6.79. The van der Waals surface area contributed by atoms with Crippen molar-refractivity contribution in [3.8, 4) is 0 Å². The summed E-state index contributed by atoms with van der Waals surface area (Å²) in [5, 5.41) is 17.8. The van der Waals surface area contributed by atoms with E-state index in [4.69, 9.17) is 0 Å². The Labute approximate surface area is 110 Å². The van der Waals surface area contributed by atoms with Crippen molar-refractivity contribution in [3.63, 3.8) is 0 Å². The molecule has 1 aromatic heterocycles. The highest BCUT2D eigenvalue weighted by Gasteiger charge is 2.14. The lowest BCUT2D eigenvalue weighted by Crippen LogP contribution is -2.41. The van der Waals surface area contributed by atoms with E-state index in [1.165, 1.54) is 0 Å². The van der Waals surface area contributed by atoms with Gasteiger partial charge in [-0.25, -0.2) is 0 Å². The molecule has 0 aliphatic heterocycles. The molecule has 4 nitrogen and oxygen atoms in total. The van der Waals surface area contributed by atoms with E-state index in [9.17, 15) is 5.11 Å². The van der Waals surface area contributed by atoms with Crippen molar-refractivity contribution in [1.29, 1.82) is 0 Å². The summed E-state index contributed by atoms with van der Waals surface area (Å²) in [5.74, 6) is 0. The number of nitrogens with one attached hydrogen (secondary N) is 1. The summed E-state index contributed by atoms with van der Waals surface area (Å²) < 4.78 is 1.97. The van der Waals surface area contributed by atoms with Gasteiger partial charge in [-0.05, 0) is 40.2 Å². The van der Waals surface area contributed by atoms with Crippen LogP contribution in [0.4, 0.5) is 0 Å². The number of β-amino-alcohol motifs (C(OH)–C–C–N with tert-alkyl or cyclic N) is 1. The Balaban J connectivity index is 2.44. The highest BCUT2D eigenvalue weighted by Crippen LogP contribution is 2.10. The molecule has 0 radical (unpaired) electrons. The number of aliphatic hydroxyl groups excluding tert-OH is 1. The van der Waals surface area contributed by atoms with Gasteiger partial charge in [-0.1, -0.05) is 6.92 Å². The van der Waals surface area contributed by atoms with Gasteiger partial charge < -0.3 is 10.4 Å². The first-order chi connectivity index (χ1) is 8.31. The van der Waals surface area contributed by atoms with Crippen LogP contribution in [0, 0.1) is 0 Å². The second-order valence-corrected chi connectivity index (χ2v) is 6.03. The maximum atomic E-state index is 9.96. The zero-order valence-corrected chi connectivity index (χ0v) is 12.3. The van der Waals surface area contributed by atoms with Gasteiger partial charge in [-0.3, -0.25) is 4.68 Å². The first kappa shape index (κ1) is 15.2. The lowest BCUT2D eigenvalue weighted by Gasteiger charge is -2.22. The van der Waals surface area contributed by atoms with Crippen molar-refractivity contribution in [2.24, 2.45) is 0 Å². The molecule has 0 amide bonds. The topological polar surface area (TPSA) is 50.1 Å². The van der Waals surface area contributed by atoms with Gasteiger partial charge in [-0.2, -0.15) is 5.10 Å². The van der Waals surface area contributed by atoms with Gasteiger partial charge in [-0.15, -0.1) is 0 Å². The van der Waals surface area contributed by atoms with E-state index < -0.39 is 0 Å². The zero-order chi connectivity index (χ0) is 13.8. The number of hydrogen-bond acceptors (Lipinski definition) is 3. The highest BCUT2D eigenvalue weighted by molar-refractivity contribution is 5.01. The summed E-state index contributed by atoms with van der Waals surface area (Å²) in [4.78, 5) is 0. The normalized spacial score (nSPS) is 15.7. The summed E-state index contributed by atoms with van der Waals surface area (Å²) in [7, 11) is 0. The number of nitrogens with zero attached hydrogens (tertiary/aromatic N) is 2. The summed E-state index contributed by atoms with van der Waals surface area (Å²) in [5.41, 5.74) is 0.996. The van der Waals surface area contributed by atoms with E-state index in [0.717, 1.165) is 12.1 Å². The van der Waals surface area contributed by atoms with Crippen LogP contribution in [0.5, 0.6) is 0 Å². The van der Waals surface area contributed by atoms with Crippen LogP contribution in [0.15, 0.2) is 12.3 Å². The van der Waals surface area contributed by atoms with Gasteiger partial charge in [0.1, 0.15) is 0 Å². The Morgan fingerprint density at radius 3 is 2.67 bits per heavy atom. The third-order valence-corrected chi connectivity index (χ3v) is 3.02. The van der Waals surface area contributed by atoms with Crippen LogP contribution >= 0.6 is 0 Å². The summed E-state index contributed by atoms with van der Waals surface area (Å²) in [6.07, 6.45) is 3.28. The lowest BCUT2D eigenvalue weighted by atomic mass is 10.1. The molecule has 4 heteroatoms. The molecule has 2 unspecified atom stereocenters. The average Bonchev–Trinajstić information content (AvgIpc) is 2.73. The van der Waals surface area contributed by atoms with Crippen molar-refractivity contribution < 1.29 is 5.11 Å². The fourth-order valence-corrected chi connectivity index (χ4v) is 1.66. The van der Waals surface area contributed by atoms with Crippen LogP contribution in [0.3, 0.4) is 0 Å². The number of aromatic nitrogens is 2. The summed E-state index contributed by atoms with van der Waals surface area (Å²) >= 11 is 0. The predicted octanol–water partition coefficient (Wildman–Crippen LogP) is 2.15. The molecule has 0 saturated carbocycles. The standard InChI is InChI=1S/C14H27N3O/c1-6-11(2)17-8-7-12(16-17)9-13(18)10-15-14(3,4)5/h7-8,11,13,15,18H,6,9-10H2,1-5H3. The lowest BCUT2D eigenvalue weighted by molar-refractivity contribution is 0.159. The molecule has 1 rings (SSSR count). The van der Waals surface area contributed by atoms with Crippen LogP contribution < -0.4 is 5.32 Å². The number of aliphatic hydroxyl groups is 1. The van der Waals surface area contributed by atoms with Crippen molar-refractivity contribution >= 4 is 0 Å². The van der Waals surface area contributed by atoms with Gasteiger partial charge in [0, 0.05) is 30.7 Å². The molecule has 0 spiro atoms. The smallest absolute Gasteiger partial charge is 0.0720 e. The average molecular weight is 253 g/mol. The van der Waals surface area contributed by atoms with Gasteiger partial charge in [0.05, 0.1) is 11.8 Å². The van der Waals surface area contributed by atoms with Gasteiger partial charge in [0.15, 0.2) is 0 Å². The van der Waals surface area contributed by atoms with E-state index in [2.05, 4.69) is 45.0 Å². The minimum atomic E-state index is -0.385. The SMILES string of the molecule is CCC(C)n1ccc(CC(O)CNC(C)(C)C)n1. The molecule has 1 heterocycles. The molecule has 2 N–H and O–H groups in total. The molecule has 0 aliphatic carbocycles. The van der Waals surface area contributed by atoms with Crippen molar-refractivity contribution in [1.82, 2.24) is 15.1 Å². The van der Waals surface area contributed by atoms with E-state index in [1.807, 2.05) is 16.9 Å². The molecule has 0 bridgehead atoms. The molecule has 0 aliphatic rings. The Kier molecular flexibility index (Phi) is 5.35. The highest BCUT2D eigenvalue weighted by atomic mass is 16.3. The van der Waals surface area contributed by atoms with Gasteiger partial charge in [0.2, 0.25) is 0 Å². The van der Waals surface area contributed by atoms with Crippen molar-refractivity contribution in [3.05, 3.63) is 18.0 Å². The minimum Gasteiger partial charge on any atom is -0.391 e. The molecular formula is C14H27N3O. The molecule has 1 aromatic rings. The fraction of sp³-hybridized carbons (Fsp3) is 0.786. The van der Waals surface area contributed by atoms with Crippen LogP contribution in [-0.4, -0.2) is 33.1 Å². The monoisotopic (exact) mass is 253 g/mol. The van der Waals surface area contributed by atoms with Crippen molar-refractivity contribution in [2.45, 2.75) is 65.1 Å². The third kappa shape index (κ3) is 5.19. The Bertz CT molecular complexity index is 354. The zero-order valence-electron chi connectivity index (χ0n) is 12.3. The molecule has 18 heavy (non-hydrogen) atoms. The molecule has 0 aromatic carbocycles. The van der Waals surface area contributed by atoms with Crippen molar-refractivity contribution in [2.75, 3.05) is 6.54 Å². The van der Waals surface area contributed by atoms with Gasteiger partial charge >= 0.3 is 0 Å². The second-order valence-electron chi connectivity index (χ2n) is 6.03. The largest absolute Gasteiger partial charge is 0.391 e. The maximum Gasteiger partial charge on any atom is 0.0720 e. The van der Waals surface area contributed by atoms with Crippen LogP contribution in [0.25, 0.3) is 0 Å². The molecular weight excluding hydrogens is 226 g/mol. The first-order valence-electron chi connectivity index (χ1n) is 6.79. The number of hydrogen-bond donors (Lipinski definition) is 2. The molecule has 0 fully saturated rings. The Morgan fingerprint density at radius 1 is 1.44 bits per heavy atom. The van der Waals surface area contributed by atoms with E-state index in [-0.39, 0.29) is 11.6 Å². The third-order valence-electron chi connectivity index (χ3n) is 3.02. The van der Waals surface area contributed by atoms with Crippen LogP contribution in [-0.2, 0) is 6.42 Å². The fourth-order valence-electron chi connectivity index (χ4n) is 1.66. The van der Waals surface area contributed by atoms with E-state index >= 15 is 0 Å². The summed E-state index contributed by atoms with van der Waals surface area (Å²) in [6, 6.07) is 2.41. The second kappa shape index (κ2) is 6.34. The van der Waals surface area contributed by atoms with E-state index in [1.54, 1.807) is 0 Å².